The number of aliphatic hydroxyl groups is 2. The van der Waals surface area contributed by atoms with Crippen LogP contribution in [0.1, 0.15) is 39.0 Å². The number of carbonyl (C=O) groups is 2. The van der Waals surface area contributed by atoms with Crippen molar-refractivity contribution < 1.29 is 19.8 Å². The smallest absolute Gasteiger partial charge is 0.232 e. The molecule has 0 saturated carbocycles. The summed E-state index contributed by atoms with van der Waals surface area (Å²) >= 11 is 0. The fraction of sp³-hybridized carbons (Fsp3) is 0.846. The van der Waals surface area contributed by atoms with Crippen molar-refractivity contribution in [3.63, 3.8) is 0 Å². The Bertz CT molecular complexity index is 239. The highest BCUT2D eigenvalue weighted by molar-refractivity contribution is 6.00. The number of hydrogen-bond acceptors (Lipinski definition) is 4. The molecule has 0 aromatic heterocycles. The molecule has 0 unspecified atom stereocenters. The molecule has 0 heterocycles. The van der Waals surface area contributed by atoms with Gasteiger partial charge in [-0.05, 0) is 6.42 Å². The first-order chi connectivity index (χ1) is 9.17. The van der Waals surface area contributed by atoms with Gasteiger partial charge in [-0.2, -0.15) is 0 Å². The lowest BCUT2D eigenvalue weighted by Gasteiger charge is -2.16. The molecule has 0 saturated heterocycles. The van der Waals surface area contributed by atoms with E-state index in [1.54, 1.807) is 0 Å². The molecule has 19 heavy (non-hydrogen) atoms. The molecule has 112 valence electrons. The van der Waals surface area contributed by atoms with E-state index in [1.165, 1.54) is 0 Å². The molecule has 0 rings (SSSR count). The maximum atomic E-state index is 11.8. The number of unbranched alkanes of at least 4 members (excludes halogenated alkanes) is 3. The van der Waals surface area contributed by atoms with Crippen molar-refractivity contribution in [3.8, 4) is 0 Å². The van der Waals surface area contributed by atoms with E-state index >= 15 is 0 Å². The van der Waals surface area contributed by atoms with Gasteiger partial charge in [0, 0.05) is 13.1 Å². The van der Waals surface area contributed by atoms with Crippen LogP contribution < -0.4 is 10.6 Å². The SMILES string of the molecule is CCCCCCC(C(=O)NCCO)C(=O)NCCO. The van der Waals surface area contributed by atoms with Crippen LogP contribution in [0.15, 0.2) is 0 Å². The first kappa shape index (κ1) is 17.9. The van der Waals surface area contributed by atoms with Crippen molar-refractivity contribution in [1.29, 1.82) is 0 Å². The van der Waals surface area contributed by atoms with Gasteiger partial charge < -0.3 is 20.8 Å². The average Bonchev–Trinajstić information content (AvgIpc) is 2.42. The number of amides is 2. The molecule has 6 heteroatoms. The molecule has 0 aromatic carbocycles. The van der Waals surface area contributed by atoms with Crippen LogP contribution in [0.5, 0.6) is 0 Å². The van der Waals surface area contributed by atoms with Crippen LogP contribution in [0.2, 0.25) is 0 Å². The summed E-state index contributed by atoms with van der Waals surface area (Å²) in [7, 11) is 0. The number of rotatable bonds is 11. The molecule has 0 bridgehead atoms. The largest absolute Gasteiger partial charge is 0.395 e. The normalized spacial score (nSPS) is 10.5. The summed E-state index contributed by atoms with van der Waals surface area (Å²) in [6, 6.07) is 0. The van der Waals surface area contributed by atoms with Crippen LogP contribution in [-0.2, 0) is 9.59 Å². The maximum absolute atomic E-state index is 11.8. The minimum Gasteiger partial charge on any atom is -0.395 e. The van der Waals surface area contributed by atoms with Crippen LogP contribution in [-0.4, -0.2) is 48.3 Å². The van der Waals surface area contributed by atoms with E-state index in [-0.39, 0.29) is 38.1 Å². The van der Waals surface area contributed by atoms with Crippen LogP contribution in [0.4, 0.5) is 0 Å². The van der Waals surface area contributed by atoms with Gasteiger partial charge in [-0.1, -0.05) is 32.6 Å². The van der Waals surface area contributed by atoms with Gasteiger partial charge in [0.25, 0.3) is 0 Å². The van der Waals surface area contributed by atoms with E-state index < -0.39 is 5.92 Å². The summed E-state index contributed by atoms with van der Waals surface area (Å²) in [4.78, 5) is 23.6. The molecule has 0 fully saturated rings. The summed E-state index contributed by atoms with van der Waals surface area (Å²) in [6.45, 7) is 2.10. The van der Waals surface area contributed by atoms with Gasteiger partial charge in [-0.15, -0.1) is 0 Å². The van der Waals surface area contributed by atoms with Gasteiger partial charge in [0.05, 0.1) is 13.2 Å². The number of nitrogens with one attached hydrogen (secondary N) is 2. The quantitative estimate of drug-likeness (QED) is 0.309. The van der Waals surface area contributed by atoms with E-state index in [9.17, 15) is 9.59 Å². The predicted octanol–water partition coefficient (Wildman–Crippen LogP) is -0.210. The summed E-state index contributed by atoms with van der Waals surface area (Å²) < 4.78 is 0. The third kappa shape index (κ3) is 8.56. The van der Waals surface area contributed by atoms with Gasteiger partial charge in [-0.3, -0.25) is 9.59 Å². The summed E-state index contributed by atoms with van der Waals surface area (Å²) in [5, 5.41) is 22.4. The number of aliphatic hydroxyl groups excluding tert-OH is 2. The van der Waals surface area contributed by atoms with Crippen LogP contribution in [0, 0.1) is 5.92 Å². The Hall–Kier alpha value is -1.14. The molecule has 2 amide bonds. The Morgan fingerprint density at radius 1 is 0.947 bits per heavy atom. The topological polar surface area (TPSA) is 98.7 Å². The second kappa shape index (κ2) is 11.9. The fourth-order valence-corrected chi connectivity index (χ4v) is 1.76. The maximum Gasteiger partial charge on any atom is 0.232 e. The number of carbonyl (C=O) groups excluding carboxylic acids is 2. The van der Waals surface area contributed by atoms with Crippen molar-refractivity contribution in [2.75, 3.05) is 26.3 Å². The Morgan fingerprint density at radius 3 is 1.89 bits per heavy atom. The van der Waals surface area contributed by atoms with E-state index in [2.05, 4.69) is 17.6 Å². The van der Waals surface area contributed by atoms with Crippen LogP contribution >= 0.6 is 0 Å². The van der Waals surface area contributed by atoms with Crippen molar-refractivity contribution in [3.05, 3.63) is 0 Å². The Kier molecular flexibility index (Phi) is 11.2. The fourth-order valence-electron chi connectivity index (χ4n) is 1.76. The first-order valence-electron chi connectivity index (χ1n) is 6.94. The van der Waals surface area contributed by atoms with Crippen LogP contribution in [0.25, 0.3) is 0 Å². The highest BCUT2D eigenvalue weighted by atomic mass is 16.3. The van der Waals surface area contributed by atoms with Crippen molar-refractivity contribution in [1.82, 2.24) is 10.6 Å². The number of hydrogen-bond donors (Lipinski definition) is 4. The second-order valence-electron chi connectivity index (χ2n) is 4.43. The van der Waals surface area contributed by atoms with Crippen LogP contribution in [0.3, 0.4) is 0 Å². The van der Waals surface area contributed by atoms with Gasteiger partial charge >= 0.3 is 0 Å². The second-order valence-corrected chi connectivity index (χ2v) is 4.43. The zero-order valence-electron chi connectivity index (χ0n) is 11.7. The molecule has 0 aliphatic rings. The first-order valence-corrected chi connectivity index (χ1v) is 6.94. The molecule has 6 nitrogen and oxygen atoms in total. The summed E-state index contributed by atoms with van der Waals surface area (Å²) in [5.41, 5.74) is 0. The van der Waals surface area contributed by atoms with Gasteiger partial charge in [0.1, 0.15) is 5.92 Å². The lowest BCUT2D eigenvalue weighted by molar-refractivity contribution is -0.135. The average molecular weight is 274 g/mol. The Labute approximate surface area is 114 Å². The molecular formula is C13H26N2O4. The van der Waals surface area contributed by atoms with Crippen molar-refractivity contribution in [2.24, 2.45) is 5.92 Å². The van der Waals surface area contributed by atoms with E-state index in [0.29, 0.717) is 6.42 Å². The van der Waals surface area contributed by atoms with Crippen molar-refractivity contribution in [2.45, 2.75) is 39.0 Å². The summed E-state index contributed by atoms with van der Waals surface area (Å²) in [5.74, 6) is -1.46. The molecule has 0 spiro atoms. The molecule has 0 aromatic rings. The van der Waals surface area contributed by atoms with E-state index in [1.807, 2.05) is 0 Å². The molecule has 0 aliphatic heterocycles. The van der Waals surface area contributed by atoms with Crippen molar-refractivity contribution >= 4 is 11.8 Å². The van der Waals surface area contributed by atoms with E-state index in [4.69, 9.17) is 10.2 Å². The molecule has 0 radical (unpaired) electrons. The zero-order valence-corrected chi connectivity index (χ0v) is 11.7. The Balaban J connectivity index is 4.27. The minimum absolute atomic E-state index is 0.146. The minimum atomic E-state index is -0.741. The zero-order chi connectivity index (χ0) is 14.5. The molecule has 0 aliphatic carbocycles. The van der Waals surface area contributed by atoms with Gasteiger partial charge in [0.2, 0.25) is 11.8 Å². The molecule has 0 atom stereocenters. The summed E-state index contributed by atoms with van der Waals surface area (Å²) in [6.07, 6.45) is 4.49. The third-order valence-electron chi connectivity index (χ3n) is 2.80. The van der Waals surface area contributed by atoms with Gasteiger partial charge in [-0.25, -0.2) is 0 Å². The molecule has 4 N–H and O–H groups in total. The lowest BCUT2D eigenvalue weighted by Crippen LogP contribution is -2.42. The van der Waals surface area contributed by atoms with E-state index in [0.717, 1.165) is 25.7 Å². The van der Waals surface area contributed by atoms with Gasteiger partial charge in [0.15, 0.2) is 0 Å². The highest BCUT2D eigenvalue weighted by Crippen LogP contribution is 2.11. The lowest BCUT2D eigenvalue weighted by atomic mass is 9.99. The molecular weight excluding hydrogens is 248 g/mol. The predicted molar refractivity (Wildman–Crippen MR) is 72.4 cm³/mol. The standard InChI is InChI=1S/C13H26N2O4/c1-2-3-4-5-6-11(12(18)14-7-9-16)13(19)15-8-10-17/h11,16-17H,2-10H2,1H3,(H,14,18)(H,15,19). The monoisotopic (exact) mass is 274 g/mol. The third-order valence-corrected chi connectivity index (χ3v) is 2.80. The Morgan fingerprint density at radius 2 is 1.47 bits per heavy atom. The highest BCUT2D eigenvalue weighted by Gasteiger charge is 2.25.